The number of halogens is 2. The van der Waals surface area contributed by atoms with Gasteiger partial charge in [0.1, 0.15) is 0 Å². The van der Waals surface area contributed by atoms with Gasteiger partial charge in [-0.1, -0.05) is 6.07 Å². The van der Waals surface area contributed by atoms with E-state index in [9.17, 15) is 21.6 Å². The fourth-order valence-electron chi connectivity index (χ4n) is 2.50. The molecule has 0 N–H and O–H groups in total. The van der Waals surface area contributed by atoms with E-state index < -0.39 is 18.1 Å². The largest absolute Gasteiger partial charge is 0.261 e. The Bertz CT molecular complexity index is 1290. The first-order valence-electron chi connectivity index (χ1n) is 6.58. The molecule has 3 aromatic carbocycles. The van der Waals surface area contributed by atoms with Gasteiger partial charge >= 0.3 is 0 Å². The summed E-state index contributed by atoms with van der Waals surface area (Å²) in [6.07, 6.45) is 1.43. The van der Waals surface area contributed by atoms with Crippen molar-refractivity contribution in [2.24, 2.45) is 4.99 Å². The van der Waals surface area contributed by atoms with Crippen LogP contribution in [0.5, 0.6) is 0 Å². The van der Waals surface area contributed by atoms with Crippen LogP contribution in [0.3, 0.4) is 0 Å². The van der Waals surface area contributed by atoms with E-state index in [1.807, 2.05) is 0 Å². The van der Waals surface area contributed by atoms with Crippen LogP contribution in [-0.4, -0.2) is 22.9 Å². The molecule has 0 aliphatic heterocycles. The highest BCUT2D eigenvalue weighted by molar-refractivity contribution is 8.14. The fraction of sp³-hybridized carbons (Fsp3) is 0. The Kier molecular flexibility index (Phi) is 4.35. The molecular formula is C15H7Cl2NO5S2. The molecule has 3 aromatic rings. The first kappa shape index (κ1) is 17.8. The second-order valence-electron chi connectivity index (χ2n) is 5.10. The lowest BCUT2D eigenvalue weighted by molar-refractivity contribution is 0.565. The predicted molar refractivity (Wildman–Crippen MR) is 95.3 cm³/mol. The molecule has 0 saturated heterocycles. The number of hydrogen-bond acceptors (Lipinski definition) is 6. The Hall–Kier alpha value is -1.96. The van der Waals surface area contributed by atoms with Gasteiger partial charge in [0.25, 0.3) is 18.1 Å². The van der Waals surface area contributed by atoms with E-state index in [2.05, 4.69) is 4.99 Å². The zero-order chi connectivity index (χ0) is 18.4. The minimum Gasteiger partial charge on any atom is -0.211 e. The van der Waals surface area contributed by atoms with Crippen LogP contribution in [0.25, 0.3) is 21.5 Å². The highest BCUT2D eigenvalue weighted by atomic mass is 35.7. The summed E-state index contributed by atoms with van der Waals surface area (Å²) in [6, 6.07) is 10.1. The van der Waals surface area contributed by atoms with E-state index in [0.717, 1.165) is 6.07 Å². The lowest BCUT2D eigenvalue weighted by Crippen LogP contribution is -1.98. The molecule has 0 aromatic heterocycles. The van der Waals surface area contributed by atoms with Gasteiger partial charge in [0.15, 0.2) is 0 Å². The van der Waals surface area contributed by atoms with E-state index >= 15 is 0 Å². The quantitative estimate of drug-likeness (QED) is 0.280. The number of rotatable bonds is 3. The zero-order valence-corrected chi connectivity index (χ0v) is 15.2. The summed E-state index contributed by atoms with van der Waals surface area (Å²) in [5.41, 5.74) is 0.355. The van der Waals surface area contributed by atoms with Gasteiger partial charge < -0.3 is 0 Å². The number of fused-ring (bicyclic) bond motifs is 2. The second kappa shape index (κ2) is 6.09. The standard InChI is InChI=1S/C15H7Cl2NO5S2/c16-24(20,21)13-5-11-3-10-4-12(18-8-19)2-1-9(10)6-14(11)15(7-13)25(17,22)23/h1-7H. The molecule has 0 heterocycles. The molecule has 3 rings (SSSR count). The van der Waals surface area contributed by atoms with Crippen LogP contribution < -0.4 is 0 Å². The van der Waals surface area contributed by atoms with Crippen molar-refractivity contribution in [2.75, 3.05) is 0 Å². The minimum absolute atomic E-state index is 0.248. The summed E-state index contributed by atoms with van der Waals surface area (Å²) in [4.78, 5) is 13.1. The van der Waals surface area contributed by atoms with Gasteiger partial charge in [-0.25, -0.2) is 21.6 Å². The molecule has 0 amide bonds. The summed E-state index contributed by atoms with van der Waals surface area (Å²) in [6.45, 7) is 0. The van der Waals surface area contributed by atoms with Crippen LogP contribution in [0.15, 0.2) is 57.2 Å². The van der Waals surface area contributed by atoms with Gasteiger partial charge in [-0.05, 0) is 52.6 Å². The monoisotopic (exact) mass is 415 g/mol. The summed E-state index contributed by atoms with van der Waals surface area (Å²) < 4.78 is 47.0. The molecule has 0 saturated carbocycles. The molecule has 0 radical (unpaired) electrons. The maximum atomic E-state index is 11.9. The summed E-state index contributed by atoms with van der Waals surface area (Å²) in [5, 5.41) is 1.82. The van der Waals surface area contributed by atoms with Gasteiger partial charge in [-0.15, -0.1) is 0 Å². The van der Waals surface area contributed by atoms with Crippen molar-refractivity contribution in [1.82, 2.24) is 0 Å². The molecule has 0 unspecified atom stereocenters. The third kappa shape index (κ3) is 3.53. The molecule has 25 heavy (non-hydrogen) atoms. The zero-order valence-electron chi connectivity index (χ0n) is 12.1. The lowest BCUT2D eigenvalue weighted by atomic mass is 10.0. The summed E-state index contributed by atoms with van der Waals surface area (Å²) in [7, 11) is 2.41. The molecular weight excluding hydrogens is 409 g/mol. The van der Waals surface area contributed by atoms with E-state index in [-0.39, 0.29) is 15.2 Å². The number of hydrogen-bond donors (Lipinski definition) is 0. The average molecular weight is 416 g/mol. The van der Waals surface area contributed by atoms with Crippen molar-refractivity contribution in [3.05, 3.63) is 42.5 Å². The molecule has 10 heteroatoms. The maximum Gasteiger partial charge on any atom is 0.261 e. The highest BCUT2D eigenvalue weighted by Gasteiger charge is 2.21. The Balaban J connectivity index is 2.49. The van der Waals surface area contributed by atoms with Crippen LogP contribution in [0, 0.1) is 0 Å². The molecule has 128 valence electrons. The van der Waals surface area contributed by atoms with Crippen molar-refractivity contribution < 1.29 is 21.6 Å². The van der Waals surface area contributed by atoms with E-state index in [1.54, 1.807) is 30.3 Å². The Morgan fingerprint density at radius 3 is 2.12 bits per heavy atom. The van der Waals surface area contributed by atoms with Crippen molar-refractivity contribution in [3.63, 3.8) is 0 Å². The molecule has 6 nitrogen and oxygen atoms in total. The fourth-order valence-corrected chi connectivity index (χ4v) is 4.46. The van der Waals surface area contributed by atoms with Crippen molar-refractivity contribution in [2.45, 2.75) is 9.79 Å². The Morgan fingerprint density at radius 1 is 0.800 bits per heavy atom. The van der Waals surface area contributed by atoms with Gasteiger partial charge in [0.05, 0.1) is 15.5 Å². The number of carbonyl (C=O) groups excluding carboxylic acids is 1. The van der Waals surface area contributed by atoms with Gasteiger partial charge in [0, 0.05) is 26.8 Å². The average Bonchev–Trinajstić information content (AvgIpc) is 2.50. The first-order valence-corrected chi connectivity index (χ1v) is 11.2. The second-order valence-corrected chi connectivity index (χ2v) is 10.2. The summed E-state index contributed by atoms with van der Waals surface area (Å²) in [5.74, 6) is 0. The molecule has 0 fully saturated rings. The predicted octanol–water partition coefficient (Wildman–Crippen LogP) is 3.82. The number of isocyanates is 1. The van der Waals surface area contributed by atoms with Crippen molar-refractivity contribution in [3.8, 4) is 0 Å². The number of aliphatic imine (C=N–C) groups is 1. The number of benzene rings is 3. The SMILES string of the molecule is O=C=Nc1ccc2cc3c(S(=O)(=O)Cl)cc(S(=O)(=O)Cl)cc3cc2c1. The Labute approximate surface area is 151 Å². The molecule has 0 atom stereocenters. The van der Waals surface area contributed by atoms with Crippen molar-refractivity contribution >= 4 is 72.8 Å². The third-order valence-corrected chi connectivity index (χ3v) is 6.24. The molecule has 0 aliphatic carbocycles. The maximum absolute atomic E-state index is 11.9. The van der Waals surface area contributed by atoms with Gasteiger partial charge in [0.2, 0.25) is 6.08 Å². The highest BCUT2D eigenvalue weighted by Crippen LogP contribution is 2.34. The van der Waals surface area contributed by atoms with Crippen LogP contribution in [0.2, 0.25) is 0 Å². The van der Waals surface area contributed by atoms with Crippen LogP contribution >= 0.6 is 21.4 Å². The minimum atomic E-state index is -4.22. The van der Waals surface area contributed by atoms with Gasteiger partial charge in [-0.2, -0.15) is 4.99 Å². The first-order chi connectivity index (χ1) is 11.6. The van der Waals surface area contributed by atoms with E-state index in [1.165, 1.54) is 12.1 Å². The normalized spacial score (nSPS) is 12.2. The van der Waals surface area contributed by atoms with Crippen LogP contribution in [0.4, 0.5) is 5.69 Å². The Morgan fingerprint density at radius 2 is 1.52 bits per heavy atom. The van der Waals surface area contributed by atoms with Crippen LogP contribution in [-0.2, 0) is 22.9 Å². The van der Waals surface area contributed by atoms with Gasteiger partial charge in [-0.3, -0.25) is 0 Å². The lowest BCUT2D eigenvalue weighted by Gasteiger charge is -2.09. The molecule has 0 aliphatic rings. The molecule has 0 spiro atoms. The number of nitrogens with zero attached hydrogens (tertiary/aromatic N) is 1. The summed E-state index contributed by atoms with van der Waals surface area (Å²) >= 11 is 0. The smallest absolute Gasteiger partial charge is 0.211 e. The molecule has 0 bridgehead atoms. The van der Waals surface area contributed by atoms with Crippen LogP contribution in [0.1, 0.15) is 0 Å². The van der Waals surface area contributed by atoms with E-state index in [0.29, 0.717) is 21.8 Å². The third-order valence-electron chi connectivity index (χ3n) is 3.55. The topological polar surface area (TPSA) is 97.7 Å². The van der Waals surface area contributed by atoms with Crippen molar-refractivity contribution in [1.29, 1.82) is 0 Å². The van der Waals surface area contributed by atoms with E-state index in [4.69, 9.17) is 21.4 Å².